The molecule has 24 heavy (non-hydrogen) atoms. The molecule has 4 nitrogen and oxygen atoms in total. The lowest BCUT2D eigenvalue weighted by molar-refractivity contribution is -0.936. The van der Waals surface area contributed by atoms with Crippen LogP contribution < -0.4 is 4.90 Å². The molecule has 1 heterocycles. The Hall–Kier alpha value is -1.40. The molecule has 1 N–H and O–H groups in total. The fraction of sp³-hybridized carbons (Fsp3) is 0.333. The first-order valence-electron chi connectivity index (χ1n) is 8.02. The fourth-order valence-corrected chi connectivity index (χ4v) is 4.81. The molecule has 0 spiro atoms. The van der Waals surface area contributed by atoms with E-state index >= 15 is 0 Å². The molecule has 0 amide bonds. The fourth-order valence-electron chi connectivity index (χ4n) is 3.07. The maximum absolute atomic E-state index is 12.9. The van der Waals surface area contributed by atoms with Gasteiger partial charge in [0.1, 0.15) is 24.9 Å². The van der Waals surface area contributed by atoms with Crippen LogP contribution in [-0.2, 0) is 14.6 Å². The van der Waals surface area contributed by atoms with Gasteiger partial charge >= 0.3 is 0 Å². The summed E-state index contributed by atoms with van der Waals surface area (Å²) in [5, 5.41) is 0.535. The summed E-state index contributed by atoms with van der Waals surface area (Å²) < 4.78 is 31.2. The third-order valence-electron chi connectivity index (χ3n) is 4.39. The van der Waals surface area contributed by atoms with Gasteiger partial charge in [-0.1, -0.05) is 41.9 Å². The summed E-state index contributed by atoms with van der Waals surface area (Å²) in [5.74, 6) is 0.0774. The average molecular weight is 367 g/mol. The quantitative estimate of drug-likeness (QED) is 0.877. The maximum atomic E-state index is 12.9. The van der Waals surface area contributed by atoms with Crippen LogP contribution in [0.1, 0.15) is 11.6 Å². The van der Waals surface area contributed by atoms with Gasteiger partial charge in [-0.25, -0.2) is 8.42 Å². The molecule has 1 aliphatic heterocycles. The lowest BCUT2D eigenvalue weighted by Crippen LogP contribution is -3.14. The third-order valence-corrected chi connectivity index (χ3v) is 6.40. The summed E-state index contributed by atoms with van der Waals surface area (Å²) >= 11 is 5.87. The van der Waals surface area contributed by atoms with Crippen LogP contribution in [0.3, 0.4) is 0 Å². The van der Waals surface area contributed by atoms with Gasteiger partial charge in [0.2, 0.25) is 0 Å². The van der Waals surface area contributed by atoms with E-state index < -0.39 is 9.84 Å². The minimum absolute atomic E-state index is 0.0774. The van der Waals surface area contributed by atoms with Crippen LogP contribution in [0.25, 0.3) is 0 Å². The van der Waals surface area contributed by atoms with Gasteiger partial charge in [0.25, 0.3) is 0 Å². The number of halogens is 1. The summed E-state index contributed by atoms with van der Waals surface area (Å²) in [7, 11) is -3.39. The lowest BCUT2D eigenvalue weighted by atomic mass is 10.1. The average Bonchev–Trinajstić information content (AvgIpc) is 2.62. The molecule has 0 aromatic heterocycles. The van der Waals surface area contributed by atoms with Crippen molar-refractivity contribution in [1.29, 1.82) is 0 Å². The van der Waals surface area contributed by atoms with E-state index in [1.165, 1.54) is 4.90 Å². The molecule has 1 fully saturated rings. The van der Waals surface area contributed by atoms with Crippen molar-refractivity contribution in [2.75, 3.05) is 32.1 Å². The number of hydrogen-bond donors (Lipinski definition) is 1. The Balaban J connectivity index is 1.89. The van der Waals surface area contributed by atoms with E-state index in [-0.39, 0.29) is 11.8 Å². The predicted octanol–water partition coefficient (Wildman–Crippen LogP) is 1.77. The second-order valence-corrected chi connectivity index (χ2v) is 8.44. The van der Waals surface area contributed by atoms with E-state index in [1.54, 1.807) is 24.3 Å². The SMILES string of the molecule is O=S(=O)(C[C@@H](c1ccccc1)[NH+]1CCOCC1)c1ccc(Cl)cc1. The normalized spacial score (nSPS) is 17.5. The van der Waals surface area contributed by atoms with E-state index in [4.69, 9.17) is 16.3 Å². The van der Waals surface area contributed by atoms with E-state index in [0.717, 1.165) is 18.7 Å². The van der Waals surface area contributed by atoms with Crippen LogP contribution in [0, 0.1) is 0 Å². The molecule has 0 bridgehead atoms. The van der Waals surface area contributed by atoms with Crippen molar-refractivity contribution in [3.05, 3.63) is 65.2 Å². The summed E-state index contributed by atoms with van der Waals surface area (Å²) in [6.45, 7) is 2.96. The molecular weight excluding hydrogens is 346 g/mol. The number of quaternary nitrogens is 1. The van der Waals surface area contributed by atoms with Crippen molar-refractivity contribution in [2.24, 2.45) is 0 Å². The van der Waals surface area contributed by atoms with E-state index in [0.29, 0.717) is 23.1 Å². The van der Waals surface area contributed by atoms with Crippen LogP contribution in [0.2, 0.25) is 5.02 Å². The number of nitrogens with one attached hydrogen (secondary N) is 1. The van der Waals surface area contributed by atoms with Crippen LogP contribution in [0.5, 0.6) is 0 Å². The van der Waals surface area contributed by atoms with Gasteiger partial charge < -0.3 is 9.64 Å². The van der Waals surface area contributed by atoms with Gasteiger partial charge in [-0.05, 0) is 24.3 Å². The summed E-state index contributed by atoms with van der Waals surface area (Å²) in [5.41, 5.74) is 1.05. The molecule has 2 aromatic rings. The Morgan fingerprint density at radius 2 is 1.62 bits per heavy atom. The second-order valence-electron chi connectivity index (χ2n) is 5.97. The molecule has 1 atom stereocenters. The number of benzene rings is 2. The number of morpholine rings is 1. The van der Waals surface area contributed by atoms with Gasteiger partial charge in [0.05, 0.1) is 18.1 Å². The van der Waals surface area contributed by atoms with Crippen LogP contribution in [0.15, 0.2) is 59.5 Å². The maximum Gasteiger partial charge on any atom is 0.184 e. The molecule has 3 rings (SSSR count). The molecule has 0 unspecified atom stereocenters. The lowest BCUT2D eigenvalue weighted by Gasteiger charge is -2.31. The topological polar surface area (TPSA) is 47.8 Å². The number of ether oxygens (including phenoxy) is 1. The van der Waals surface area contributed by atoms with Crippen molar-refractivity contribution in [3.8, 4) is 0 Å². The number of rotatable bonds is 5. The third kappa shape index (κ3) is 4.16. The Labute approximate surface area is 147 Å². The van der Waals surface area contributed by atoms with Crippen LogP contribution in [0.4, 0.5) is 0 Å². The van der Waals surface area contributed by atoms with Crippen LogP contribution >= 0.6 is 11.6 Å². The zero-order chi connectivity index (χ0) is 17.0. The molecule has 0 radical (unpaired) electrons. The molecule has 0 aliphatic carbocycles. The van der Waals surface area contributed by atoms with E-state index in [9.17, 15) is 8.42 Å². The first-order chi connectivity index (χ1) is 11.6. The summed E-state index contributed by atoms with van der Waals surface area (Å²) in [4.78, 5) is 1.57. The van der Waals surface area contributed by atoms with Gasteiger partial charge in [-0.2, -0.15) is 0 Å². The molecular formula is C18H21ClNO3S+. The molecule has 1 saturated heterocycles. The first kappa shape index (κ1) is 17.4. The largest absolute Gasteiger partial charge is 0.370 e. The summed E-state index contributed by atoms with van der Waals surface area (Å²) in [6.07, 6.45) is 0. The number of sulfone groups is 1. The van der Waals surface area contributed by atoms with Gasteiger partial charge in [-0.15, -0.1) is 0 Å². The molecule has 2 aromatic carbocycles. The highest BCUT2D eigenvalue weighted by Gasteiger charge is 2.31. The van der Waals surface area contributed by atoms with E-state index in [1.807, 2.05) is 30.3 Å². The first-order valence-corrected chi connectivity index (χ1v) is 10.0. The van der Waals surface area contributed by atoms with Crippen molar-refractivity contribution in [1.82, 2.24) is 0 Å². The number of hydrogen-bond acceptors (Lipinski definition) is 3. The molecule has 128 valence electrons. The monoisotopic (exact) mass is 366 g/mol. The van der Waals surface area contributed by atoms with E-state index in [2.05, 4.69) is 0 Å². The zero-order valence-corrected chi connectivity index (χ0v) is 14.9. The molecule has 6 heteroatoms. The standard InChI is InChI=1S/C18H20ClNO3S/c19-16-6-8-17(9-7-16)24(21,22)14-18(15-4-2-1-3-5-15)20-10-12-23-13-11-20/h1-9,18H,10-14H2/p+1/t18-/m0/s1. The van der Waals surface area contributed by atoms with Crippen molar-refractivity contribution in [3.63, 3.8) is 0 Å². The predicted molar refractivity (Wildman–Crippen MR) is 94.2 cm³/mol. The van der Waals surface area contributed by atoms with Gasteiger partial charge in [-0.3, -0.25) is 0 Å². The Morgan fingerprint density at radius 1 is 1.00 bits per heavy atom. The highest BCUT2D eigenvalue weighted by atomic mass is 35.5. The Morgan fingerprint density at radius 3 is 2.25 bits per heavy atom. The Kier molecular flexibility index (Phi) is 5.56. The van der Waals surface area contributed by atoms with Gasteiger partial charge in [0, 0.05) is 10.6 Å². The zero-order valence-electron chi connectivity index (χ0n) is 13.3. The molecule has 1 aliphatic rings. The van der Waals surface area contributed by atoms with Crippen molar-refractivity contribution >= 4 is 21.4 Å². The summed E-state index contributed by atoms with van der Waals surface area (Å²) in [6, 6.07) is 16.2. The van der Waals surface area contributed by atoms with Crippen LogP contribution in [-0.4, -0.2) is 40.5 Å². The minimum Gasteiger partial charge on any atom is -0.370 e. The second kappa shape index (κ2) is 7.66. The smallest absolute Gasteiger partial charge is 0.184 e. The van der Waals surface area contributed by atoms with Gasteiger partial charge in [0.15, 0.2) is 9.84 Å². The van der Waals surface area contributed by atoms with Crippen molar-refractivity contribution < 1.29 is 18.1 Å². The molecule has 0 saturated carbocycles. The van der Waals surface area contributed by atoms with Crippen molar-refractivity contribution in [2.45, 2.75) is 10.9 Å². The highest BCUT2D eigenvalue weighted by Crippen LogP contribution is 2.20. The minimum atomic E-state index is -3.39. The highest BCUT2D eigenvalue weighted by molar-refractivity contribution is 7.91. The Bertz CT molecular complexity index is 757.